The van der Waals surface area contributed by atoms with Crippen molar-refractivity contribution in [3.8, 4) is 0 Å². The first-order valence-electron chi connectivity index (χ1n) is 5.70. The summed E-state index contributed by atoms with van der Waals surface area (Å²) in [6.45, 7) is 4.65. The molecule has 0 bridgehead atoms. The average Bonchev–Trinajstić information content (AvgIpc) is 2.29. The van der Waals surface area contributed by atoms with Gasteiger partial charge in [-0.1, -0.05) is 6.92 Å². The fourth-order valence-corrected chi connectivity index (χ4v) is 1.61. The molecule has 1 amide bonds. The Morgan fingerprint density at radius 1 is 1.47 bits per heavy atom. The van der Waals surface area contributed by atoms with Gasteiger partial charge in [-0.2, -0.15) is 0 Å². The van der Waals surface area contributed by atoms with Crippen LogP contribution < -0.4 is 5.32 Å². The van der Waals surface area contributed by atoms with Gasteiger partial charge in [-0.25, -0.2) is 0 Å². The molecule has 1 heterocycles. The monoisotopic (exact) mass is 245 g/mol. The lowest BCUT2D eigenvalue weighted by Crippen LogP contribution is -2.53. The Morgan fingerprint density at radius 3 is 2.65 bits per heavy atom. The summed E-state index contributed by atoms with van der Waals surface area (Å²) in [4.78, 5) is 22.6. The van der Waals surface area contributed by atoms with Crippen molar-refractivity contribution in [3.05, 3.63) is 0 Å². The van der Waals surface area contributed by atoms with Crippen LogP contribution in [0.4, 0.5) is 0 Å². The highest BCUT2D eigenvalue weighted by Gasteiger charge is 2.31. The number of amides is 1. The number of nitrogens with one attached hydrogen (secondary N) is 1. The zero-order chi connectivity index (χ0) is 12.9. The van der Waals surface area contributed by atoms with Crippen LogP contribution in [0, 0.1) is 0 Å². The molecule has 6 nitrogen and oxygen atoms in total. The minimum atomic E-state index is -0.935. The smallest absolute Gasteiger partial charge is 0.305 e. The molecule has 1 aliphatic heterocycles. The van der Waals surface area contributed by atoms with Gasteiger partial charge in [0.1, 0.15) is 0 Å². The van der Waals surface area contributed by atoms with Crippen LogP contribution in [0.25, 0.3) is 0 Å². The van der Waals surface area contributed by atoms with Crippen LogP contribution >= 0.6 is 0 Å². The Morgan fingerprint density at radius 2 is 2.18 bits per heavy atom. The van der Waals surface area contributed by atoms with Gasteiger partial charge in [0, 0.05) is 5.54 Å². The predicted molar refractivity (Wildman–Crippen MR) is 59.7 cm³/mol. The molecule has 0 aromatic rings. The van der Waals surface area contributed by atoms with Crippen molar-refractivity contribution in [1.82, 2.24) is 5.32 Å². The molecule has 1 aliphatic rings. The highest BCUT2D eigenvalue weighted by molar-refractivity contribution is 5.82. The Kier molecular flexibility index (Phi) is 4.89. The summed E-state index contributed by atoms with van der Waals surface area (Å²) < 4.78 is 10.4. The number of carbonyl (C=O) groups is 2. The molecular formula is C11H19NO5. The highest BCUT2D eigenvalue weighted by Crippen LogP contribution is 2.15. The number of rotatable bonds is 5. The zero-order valence-electron chi connectivity index (χ0n) is 10.2. The van der Waals surface area contributed by atoms with Gasteiger partial charge in [0.2, 0.25) is 0 Å². The average molecular weight is 245 g/mol. The number of carboxylic acids is 1. The Hall–Kier alpha value is -1.14. The molecule has 98 valence electrons. The topological polar surface area (TPSA) is 84.9 Å². The molecule has 0 saturated carbocycles. The second-order valence-electron chi connectivity index (χ2n) is 4.41. The van der Waals surface area contributed by atoms with Crippen molar-refractivity contribution in [2.75, 3.05) is 19.8 Å². The van der Waals surface area contributed by atoms with Gasteiger partial charge in [-0.05, 0) is 13.3 Å². The zero-order valence-corrected chi connectivity index (χ0v) is 10.2. The van der Waals surface area contributed by atoms with Crippen molar-refractivity contribution in [2.45, 2.75) is 38.3 Å². The summed E-state index contributed by atoms with van der Waals surface area (Å²) in [6, 6.07) is 0. The lowest BCUT2D eigenvalue weighted by atomic mass is 9.94. The van der Waals surface area contributed by atoms with E-state index in [-0.39, 0.29) is 18.9 Å². The summed E-state index contributed by atoms with van der Waals surface area (Å²) in [7, 11) is 0. The Labute approximate surface area is 100 Å². The normalized spacial score (nSPS) is 23.8. The second-order valence-corrected chi connectivity index (χ2v) is 4.41. The number of carbonyl (C=O) groups excluding carboxylic acids is 1. The minimum absolute atomic E-state index is 0.108. The Balaban J connectivity index is 2.54. The van der Waals surface area contributed by atoms with Crippen molar-refractivity contribution in [3.63, 3.8) is 0 Å². The summed E-state index contributed by atoms with van der Waals surface area (Å²) in [5.74, 6) is -1.24. The lowest BCUT2D eigenvalue weighted by Gasteiger charge is -2.31. The van der Waals surface area contributed by atoms with Crippen LogP contribution in [0.1, 0.15) is 26.7 Å². The minimum Gasteiger partial charge on any atom is -0.481 e. The van der Waals surface area contributed by atoms with Gasteiger partial charge < -0.3 is 19.9 Å². The van der Waals surface area contributed by atoms with Crippen LogP contribution in [-0.2, 0) is 19.1 Å². The summed E-state index contributed by atoms with van der Waals surface area (Å²) >= 11 is 0. The third-order valence-electron chi connectivity index (χ3n) is 2.86. The highest BCUT2D eigenvalue weighted by atomic mass is 16.6. The molecule has 0 aliphatic carbocycles. The third kappa shape index (κ3) is 4.32. The largest absolute Gasteiger partial charge is 0.481 e. The van der Waals surface area contributed by atoms with Crippen LogP contribution in [-0.4, -0.2) is 48.4 Å². The summed E-state index contributed by atoms with van der Waals surface area (Å²) in [5, 5.41) is 11.5. The van der Waals surface area contributed by atoms with E-state index < -0.39 is 17.6 Å². The molecule has 0 spiro atoms. The van der Waals surface area contributed by atoms with Gasteiger partial charge in [0.05, 0.1) is 26.2 Å². The summed E-state index contributed by atoms with van der Waals surface area (Å²) in [5.41, 5.74) is -0.746. The molecule has 6 heteroatoms. The first-order chi connectivity index (χ1) is 7.97. The first-order valence-corrected chi connectivity index (χ1v) is 5.70. The number of ether oxygens (including phenoxy) is 2. The first kappa shape index (κ1) is 13.9. The maximum Gasteiger partial charge on any atom is 0.305 e. The molecule has 1 fully saturated rings. The fraction of sp³-hybridized carbons (Fsp3) is 0.818. The number of hydrogen-bond acceptors (Lipinski definition) is 4. The van der Waals surface area contributed by atoms with Crippen LogP contribution in [0.2, 0.25) is 0 Å². The van der Waals surface area contributed by atoms with Crippen molar-refractivity contribution >= 4 is 11.9 Å². The molecular weight excluding hydrogens is 226 g/mol. The Bertz CT molecular complexity index is 288. The van der Waals surface area contributed by atoms with Gasteiger partial charge in [-0.15, -0.1) is 0 Å². The third-order valence-corrected chi connectivity index (χ3v) is 2.86. The molecule has 0 aromatic heterocycles. The molecule has 1 rings (SSSR count). The van der Waals surface area contributed by atoms with E-state index in [2.05, 4.69) is 5.32 Å². The van der Waals surface area contributed by atoms with Gasteiger partial charge in [0.15, 0.2) is 6.10 Å². The van der Waals surface area contributed by atoms with E-state index in [9.17, 15) is 9.59 Å². The van der Waals surface area contributed by atoms with Crippen molar-refractivity contribution in [2.24, 2.45) is 0 Å². The van der Waals surface area contributed by atoms with E-state index in [4.69, 9.17) is 14.6 Å². The molecule has 2 atom stereocenters. The number of carboxylic acid groups (broad SMARTS) is 1. The van der Waals surface area contributed by atoms with E-state index in [0.29, 0.717) is 19.6 Å². The van der Waals surface area contributed by atoms with Gasteiger partial charge in [0.25, 0.3) is 5.91 Å². The molecule has 17 heavy (non-hydrogen) atoms. The second kappa shape index (κ2) is 5.97. The maximum absolute atomic E-state index is 11.8. The van der Waals surface area contributed by atoms with E-state index >= 15 is 0 Å². The van der Waals surface area contributed by atoms with Crippen LogP contribution in [0.3, 0.4) is 0 Å². The van der Waals surface area contributed by atoms with Gasteiger partial charge >= 0.3 is 5.97 Å². The molecule has 2 N–H and O–H groups in total. The van der Waals surface area contributed by atoms with E-state index in [1.54, 1.807) is 6.92 Å². The standard InChI is InChI=1S/C11H19NO5/c1-3-11(2,6-9(13)14)12-10(15)8-7-16-4-5-17-8/h8H,3-7H2,1-2H3,(H,12,15)(H,13,14)/t8-,11+/m0/s1. The fourth-order valence-electron chi connectivity index (χ4n) is 1.61. The molecule has 0 unspecified atom stereocenters. The van der Waals surface area contributed by atoms with Crippen molar-refractivity contribution in [1.29, 1.82) is 0 Å². The summed E-state index contributed by atoms with van der Waals surface area (Å²) in [6.07, 6.45) is -0.204. The lowest BCUT2D eigenvalue weighted by molar-refractivity contribution is -0.150. The van der Waals surface area contributed by atoms with Gasteiger partial charge in [-0.3, -0.25) is 9.59 Å². The van der Waals surface area contributed by atoms with E-state index in [1.165, 1.54) is 0 Å². The maximum atomic E-state index is 11.8. The van der Waals surface area contributed by atoms with E-state index in [1.807, 2.05) is 6.92 Å². The molecule has 0 aromatic carbocycles. The van der Waals surface area contributed by atoms with Crippen LogP contribution in [0.5, 0.6) is 0 Å². The van der Waals surface area contributed by atoms with E-state index in [0.717, 1.165) is 0 Å². The number of hydrogen-bond donors (Lipinski definition) is 2. The van der Waals surface area contributed by atoms with Crippen LogP contribution in [0.15, 0.2) is 0 Å². The van der Waals surface area contributed by atoms with Crippen molar-refractivity contribution < 1.29 is 24.2 Å². The predicted octanol–water partition coefficient (Wildman–Crippen LogP) is 0.161. The SMILES string of the molecule is CC[C@](C)(CC(=O)O)NC(=O)[C@@H]1COCCO1. The molecule has 1 saturated heterocycles. The number of aliphatic carboxylic acids is 1. The quantitative estimate of drug-likeness (QED) is 0.720. The molecule has 0 radical (unpaired) electrons.